The van der Waals surface area contributed by atoms with Crippen molar-refractivity contribution in [2.45, 2.75) is 5.75 Å². The molecule has 8 heteroatoms. The van der Waals surface area contributed by atoms with Gasteiger partial charge in [0.2, 0.25) is 0 Å². The van der Waals surface area contributed by atoms with Gasteiger partial charge < -0.3 is 5.32 Å². The van der Waals surface area contributed by atoms with Gasteiger partial charge in [-0.1, -0.05) is 30.3 Å². The van der Waals surface area contributed by atoms with E-state index in [0.29, 0.717) is 21.4 Å². The molecule has 1 aliphatic heterocycles. The molecular formula is C14H12BrN3O3S. The number of halogens is 1. The van der Waals surface area contributed by atoms with E-state index in [2.05, 4.69) is 26.7 Å². The summed E-state index contributed by atoms with van der Waals surface area (Å²) in [6, 6.07) is 13.3. The molecule has 0 saturated heterocycles. The zero-order valence-corrected chi connectivity index (χ0v) is 13.7. The standard InChI is InChI=1S/C14H12BrN3O3S/c15-11-6-2-3-7-12(11)16-14(19)17-18-13-8-4-1-5-10(13)9-22(18,20)21/h1-8H,9H2,(H2,16,17,19). The molecule has 6 nitrogen and oxygen atoms in total. The third-order valence-electron chi connectivity index (χ3n) is 3.15. The Bertz CT molecular complexity index is 839. The summed E-state index contributed by atoms with van der Waals surface area (Å²) in [6.07, 6.45) is 0. The molecule has 2 aromatic rings. The van der Waals surface area contributed by atoms with Crippen molar-refractivity contribution >= 4 is 43.4 Å². The van der Waals surface area contributed by atoms with Crippen LogP contribution in [0.3, 0.4) is 0 Å². The van der Waals surface area contributed by atoms with Gasteiger partial charge in [0, 0.05) is 4.47 Å². The predicted octanol–water partition coefficient (Wildman–Crippen LogP) is 2.84. The molecule has 3 rings (SSSR count). The number of hydrogen-bond acceptors (Lipinski definition) is 3. The Kier molecular flexibility index (Phi) is 3.79. The Hall–Kier alpha value is -2.06. The fraction of sp³-hybridized carbons (Fsp3) is 0.0714. The molecule has 22 heavy (non-hydrogen) atoms. The summed E-state index contributed by atoms with van der Waals surface area (Å²) in [5.41, 5.74) is 4.04. The molecule has 2 amide bonds. The number of urea groups is 1. The van der Waals surface area contributed by atoms with Gasteiger partial charge in [0.1, 0.15) is 0 Å². The van der Waals surface area contributed by atoms with Crippen molar-refractivity contribution < 1.29 is 13.2 Å². The van der Waals surface area contributed by atoms with Gasteiger partial charge in [-0.3, -0.25) is 0 Å². The van der Waals surface area contributed by atoms with E-state index in [1.54, 1.807) is 42.5 Å². The first kappa shape index (κ1) is 14.9. The largest absolute Gasteiger partial charge is 0.338 e. The lowest BCUT2D eigenvalue weighted by Gasteiger charge is -2.19. The van der Waals surface area contributed by atoms with E-state index in [4.69, 9.17) is 0 Å². The monoisotopic (exact) mass is 381 g/mol. The molecule has 0 aromatic heterocycles. The van der Waals surface area contributed by atoms with Crippen LogP contribution in [0.15, 0.2) is 53.0 Å². The van der Waals surface area contributed by atoms with Crippen LogP contribution < -0.4 is 15.2 Å². The Morgan fingerprint density at radius 2 is 1.77 bits per heavy atom. The second-order valence-electron chi connectivity index (χ2n) is 4.70. The third-order valence-corrected chi connectivity index (χ3v) is 5.36. The zero-order chi connectivity index (χ0) is 15.7. The molecule has 0 aliphatic carbocycles. The smallest absolute Gasteiger partial charge is 0.305 e. The number of hydrazine groups is 1. The molecule has 0 saturated carbocycles. The molecule has 0 unspecified atom stereocenters. The number of fused-ring (bicyclic) bond motifs is 1. The molecule has 114 valence electrons. The van der Waals surface area contributed by atoms with Crippen molar-refractivity contribution in [3.8, 4) is 0 Å². The maximum Gasteiger partial charge on any atom is 0.338 e. The van der Waals surface area contributed by atoms with E-state index in [1.165, 1.54) is 0 Å². The summed E-state index contributed by atoms with van der Waals surface area (Å²) >= 11 is 3.31. The molecule has 0 atom stereocenters. The molecule has 2 aromatic carbocycles. The van der Waals surface area contributed by atoms with Crippen LogP contribution in [0.2, 0.25) is 0 Å². The SMILES string of the molecule is O=C(Nc1ccccc1Br)NN1c2ccccc2CS1(=O)=O. The van der Waals surface area contributed by atoms with Crippen LogP contribution in [0.25, 0.3) is 0 Å². The van der Waals surface area contributed by atoms with Gasteiger partial charge in [0.25, 0.3) is 10.0 Å². The number of nitrogens with one attached hydrogen (secondary N) is 2. The lowest BCUT2D eigenvalue weighted by atomic mass is 10.2. The number of carbonyl (C=O) groups excluding carboxylic acids is 1. The van der Waals surface area contributed by atoms with Crippen molar-refractivity contribution in [3.05, 3.63) is 58.6 Å². The molecule has 0 spiro atoms. The van der Waals surface area contributed by atoms with E-state index in [9.17, 15) is 13.2 Å². The summed E-state index contributed by atoms with van der Waals surface area (Å²) in [7, 11) is -3.59. The van der Waals surface area contributed by atoms with Crippen molar-refractivity contribution in [2.24, 2.45) is 0 Å². The molecule has 0 bridgehead atoms. The van der Waals surface area contributed by atoms with Crippen LogP contribution in [-0.2, 0) is 15.8 Å². The number of anilines is 2. The van der Waals surface area contributed by atoms with E-state index in [1.807, 2.05) is 6.07 Å². The van der Waals surface area contributed by atoms with Gasteiger partial charge in [-0.05, 0) is 39.7 Å². The average molecular weight is 382 g/mol. The van der Waals surface area contributed by atoms with Gasteiger partial charge in [0.05, 0.1) is 17.1 Å². The maximum absolute atomic E-state index is 12.1. The number of carbonyl (C=O) groups is 1. The number of amides is 2. The number of sulfonamides is 1. The highest BCUT2D eigenvalue weighted by molar-refractivity contribution is 9.10. The Balaban J connectivity index is 1.81. The lowest BCUT2D eigenvalue weighted by molar-refractivity contribution is 0.252. The second-order valence-corrected chi connectivity index (χ2v) is 7.37. The summed E-state index contributed by atoms with van der Waals surface area (Å²) in [5.74, 6) is -0.127. The number of rotatable bonds is 2. The van der Waals surface area contributed by atoms with Crippen LogP contribution >= 0.6 is 15.9 Å². The minimum atomic E-state index is -3.59. The Labute approximate surface area is 136 Å². The van der Waals surface area contributed by atoms with Crippen LogP contribution in [0.1, 0.15) is 5.56 Å². The van der Waals surface area contributed by atoms with Crippen molar-refractivity contribution in [2.75, 3.05) is 9.73 Å². The molecule has 0 fully saturated rings. The van der Waals surface area contributed by atoms with Gasteiger partial charge in [-0.15, -0.1) is 0 Å². The van der Waals surface area contributed by atoms with Crippen molar-refractivity contribution in [3.63, 3.8) is 0 Å². The van der Waals surface area contributed by atoms with Crippen LogP contribution in [0.4, 0.5) is 16.2 Å². The molecule has 2 N–H and O–H groups in total. The van der Waals surface area contributed by atoms with Crippen LogP contribution in [0.5, 0.6) is 0 Å². The van der Waals surface area contributed by atoms with E-state index < -0.39 is 16.1 Å². The fourth-order valence-corrected chi connectivity index (χ4v) is 4.03. The predicted molar refractivity (Wildman–Crippen MR) is 87.8 cm³/mol. The lowest BCUT2D eigenvalue weighted by Crippen LogP contribution is -2.46. The minimum Gasteiger partial charge on any atom is -0.305 e. The summed E-state index contributed by atoms with van der Waals surface area (Å²) < 4.78 is 25.9. The maximum atomic E-state index is 12.1. The van der Waals surface area contributed by atoms with E-state index >= 15 is 0 Å². The number of benzene rings is 2. The van der Waals surface area contributed by atoms with Gasteiger partial charge in [-0.25, -0.2) is 18.6 Å². The molecule has 1 heterocycles. The third kappa shape index (κ3) is 2.79. The molecule has 0 radical (unpaired) electrons. The second kappa shape index (κ2) is 5.62. The first-order chi connectivity index (χ1) is 10.5. The van der Waals surface area contributed by atoms with Crippen LogP contribution in [-0.4, -0.2) is 14.4 Å². The van der Waals surface area contributed by atoms with Crippen molar-refractivity contribution in [1.82, 2.24) is 5.43 Å². The molecular weight excluding hydrogens is 370 g/mol. The highest BCUT2D eigenvalue weighted by Crippen LogP contribution is 2.31. The zero-order valence-electron chi connectivity index (χ0n) is 11.3. The first-order valence-electron chi connectivity index (χ1n) is 6.40. The van der Waals surface area contributed by atoms with Crippen molar-refractivity contribution in [1.29, 1.82) is 0 Å². The highest BCUT2D eigenvalue weighted by atomic mass is 79.9. The minimum absolute atomic E-state index is 0.127. The normalized spacial score (nSPS) is 15.2. The Morgan fingerprint density at radius 3 is 2.55 bits per heavy atom. The summed E-state index contributed by atoms with van der Waals surface area (Å²) in [5, 5.41) is 2.60. The first-order valence-corrected chi connectivity index (χ1v) is 8.81. The fourth-order valence-electron chi connectivity index (χ4n) is 2.18. The van der Waals surface area contributed by atoms with Crippen LogP contribution in [0, 0.1) is 0 Å². The van der Waals surface area contributed by atoms with Gasteiger partial charge in [0.15, 0.2) is 0 Å². The average Bonchev–Trinajstić information content (AvgIpc) is 2.72. The summed E-state index contributed by atoms with van der Waals surface area (Å²) in [4.78, 5) is 12.1. The number of para-hydroxylation sites is 2. The number of hydrogen-bond donors (Lipinski definition) is 2. The topological polar surface area (TPSA) is 78.5 Å². The van der Waals surface area contributed by atoms with E-state index in [0.717, 1.165) is 4.41 Å². The van der Waals surface area contributed by atoms with Gasteiger partial charge in [-0.2, -0.15) is 4.41 Å². The highest BCUT2D eigenvalue weighted by Gasteiger charge is 2.34. The Morgan fingerprint density at radius 1 is 1.09 bits per heavy atom. The number of nitrogens with zero attached hydrogens (tertiary/aromatic N) is 1. The molecule has 1 aliphatic rings. The van der Waals surface area contributed by atoms with E-state index in [-0.39, 0.29) is 5.75 Å². The van der Waals surface area contributed by atoms with Gasteiger partial charge >= 0.3 is 6.03 Å². The summed E-state index contributed by atoms with van der Waals surface area (Å²) in [6.45, 7) is 0. The quantitative estimate of drug-likeness (QED) is 0.839.